The summed E-state index contributed by atoms with van der Waals surface area (Å²) in [5, 5.41) is 0.558. The molecule has 2 nitrogen and oxygen atoms in total. The highest BCUT2D eigenvalue weighted by Crippen LogP contribution is 2.23. The Morgan fingerprint density at radius 3 is 2.44 bits per heavy atom. The van der Waals surface area contributed by atoms with E-state index < -0.39 is 9.84 Å². The van der Waals surface area contributed by atoms with Crippen molar-refractivity contribution in [3.05, 3.63) is 28.8 Å². The van der Waals surface area contributed by atoms with Gasteiger partial charge >= 0.3 is 0 Å². The first kappa shape index (κ1) is 13.5. The van der Waals surface area contributed by atoms with Crippen LogP contribution in [0.4, 0.5) is 0 Å². The van der Waals surface area contributed by atoms with Gasteiger partial charge in [-0.2, -0.15) is 0 Å². The summed E-state index contributed by atoms with van der Waals surface area (Å²) in [6, 6.07) is 5.03. The molecular weight excluding hydrogens is 244 g/mol. The van der Waals surface area contributed by atoms with Gasteiger partial charge in [0.1, 0.15) is 0 Å². The van der Waals surface area contributed by atoms with Crippen LogP contribution in [0.15, 0.2) is 23.1 Å². The Hall–Kier alpha value is -0.540. The van der Waals surface area contributed by atoms with Gasteiger partial charge in [-0.1, -0.05) is 37.9 Å². The largest absolute Gasteiger partial charge is 0.224 e. The zero-order valence-electron chi connectivity index (χ0n) is 9.66. The molecule has 0 saturated carbocycles. The van der Waals surface area contributed by atoms with Crippen molar-refractivity contribution in [1.82, 2.24) is 0 Å². The molecule has 0 heterocycles. The van der Waals surface area contributed by atoms with Crippen molar-refractivity contribution >= 4 is 21.4 Å². The van der Waals surface area contributed by atoms with Crippen molar-refractivity contribution in [3.63, 3.8) is 0 Å². The first-order valence-corrected chi connectivity index (χ1v) is 7.55. The van der Waals surface area contributed by atoms with Crippen LogP contribution in [0, 0.1) is 0 Å². The molecular formula is C12H17ClO2S. The van der Waals surface area contributed by atoms with Crippen molar-refractivity contribution in [1.29, 1.82) is 0 Å². The van der Waals surface area contributed by atoms with Gasteiger partial charge in [0.15, 0.2) is 9.84 Å². The van der Waals surface area contributed by atoms with E-state index in [2.05, 4.69) is 6.92 Å². The first-order valence-electron chi connectivity index (χ1n) is 5.52. The van der Waals surface area contributed by atoms with Crippen molar-refractivity contribution in [2.24, 2.45) is 0 Å². The second-order valence-electron chi connectivity index (χ2n) is 3.76. The van der Waals surface area contributed by atoms with E-state index in [4.69, 9.17) is 11.6 Å². The number of halogens is 1. The maximum Gasteiger partial charge on any atom is 0.178 e. The molecule has 0 atom stereocenters. The molecule has 1 aromatic rings. The predicted octanol–water partition coefficient (Wildman–Crippen LogP) is 3.48. The number of aryl methyl sites for hydroxylation is 1. The fraction of sp³-hybridized carbons (Fsp3) is 0.500. The van der Waals surface area contributed by atoms with Crippen LogP contribution in [0.1, 0.15) is 32.3 Å². The van der Waals surface area contributed by atoms with Crippen molar-refractivity contribution in [3.8, 4) is 0 Å². The maximum absolute atomic E-state index is 11.6. The average Bonchev–Trinajstić information content (AvgIpc) is 2.27. The average molecular weight is 261 g/mol. The zero-order valence-corrected chi connectivity index (χ0v) is 11.2. The van der Waals surface area contributed by atoms with E-state index in [1.54, 1.807) is 19.1 Å². The van der Waals surface area contributed by atoms with Gasteiger partial charge in [-0.25, -0.2) is 8.42 Å². The Bertz CT molecular complexity index is 452. The summed E-state index contributed by atoms with van der Waals surface area (Å²) >= 11 is 6.06. The highest BCUT2D eigenvalue weighted by molar-refractivity contribution is 7.91. The minimum Gasteiger partial charge on any atom is -0.224 e. The Kier molecular flexibility index (Phi) is 4.81. The SMILES string of the molecule is CCCCc1ccc(S(=O)(=O)CC)cc1Cl. The molecule has 0 unspecified atom stereocenters. The van der Waals surface area contributed by atoms with Crippen LogP contribution in [0.25, 0.3) is 0 Å². The lowest BCUT2D eigenvalue weighted by Gasteiger charge is -2.06. The molecule has 0 amide bonds. The summed E-state index contributed by atoms with van der Waals surface area (Å²) in [6.07, 6.45) is 3.08. The normalized spacial score (nSPS) is 11.7. The molecule has 0 spiro atoms. The summed E-state index contributed by atoms with van der Waals surface area (Å²) in [4.78, 5) is 0.320. The van der Waals surface area contributed by atoms with E-state index in [1.165, 1.54) is 0 Å². The molecule has 0 aromatic heterocycles. The van der Waals surface area contributed by atoms with Gasteiger partial charge in [0.2, 0.25) is 0 Å². The quantitative estimate of drug-likeness (QED) is 0.812. The van der Waals surface area contributed by atoms with Crippen LogP contribution >= 0.6 is 11.6 Å². The third kappa shape index (κ3) is 3.22. The van der Waals surface area contributed by atoms with Gasteiger partial charge in [-0.3, -0.25) is 0 Å². The van der Waals surface area contributed by atoms with E-state index in [9.17, 15) is 8.42 Å². The number of sulfone groups is 1. The van der Waals surface area contributed by atoms with Crippen LogP contribution in [-0.4, -0.2) is 14.2 Å². The van der Waals surface area contributed by atoms with Gasteiger partial charge in [0.25, 0.3) is 0 Å². The Balaban J connectivity index is 3.00. The van der Waals surface area contributed by atoms with Gasteiger partial charge in [0.05, 0.1) is 10.6 Å². The van der Waals surface area contributed by atoms with Crippen LogP contribution in [-0.2, 0) is 16.3 Å². The standard InChI is InChI=1S/C12H17ClO2S/c1-3-5-6-10-7-8-11(9-12(10)13)16(14,15)4-2/h7-9H,3-6H2,1-2H3. The van der Waals surface area contributed by atoms with E-state index in [1.807, 2.05) is 6.07 Å². The number of unbranched alkanes of at least 4 members (excludes halogenated alkanes) is 1. The molecule has 1 rings (SSSR count). The predicted molar refractivity (Wildman–Crippen MR) is 67.8 cm³/mol. The summed E-state index contributed by atoms with van der Waals surface area (Å²) in [6.45, 7) is 3.75. The van der Waals surface area contributed by atoms with Crippen molar-refractivity contribution < 1.29 is 8.42 Å². The minimum absolute atomic E-state index is 0.109. The summed E-state index contributed by atoms with van der Waals surface area (Å²) in [7, 11) is -3.14. The molecule has 16 heavy (non-hydrogen) atoms. The Morgan fingerprint density at radius 2 is 1.94 bits per heavy atom. The molecule has 4 heteroatoms. The van der Waals surface area contributed by atoms with Crippen molar-refractivity contribution in [2.45, 2.75) is 38.0 Å². The van der Waals surface area contributed by atoms with Crippen LogP contribution in [0.3, 0.4) is 0 Å². The fourth-order valence-electron chi connectivity index (χ4n) is 1.46. The summed E-state index contributed by atoms with van der Waals surface area (Å²) < 4.78 is 23.2. The molecule has 90 valence electrons. The Labute approximate surface area is 103 Å². The van der Waals surface area contributed by atoms with Crippen molar-refractivity contribution in [2.75, 3.05) is 5.75 Å². The first-order chi connectivity index (χ1) is 7.51. The molecule has 0 bridgehead atoms. The van der Waals surface area contributed by atoms with E-state index in [-0.39, 0.29) is 5.75 Å². The highest BCUT2D eigenvalue weighted by Gasteiger charge is 2.13. The van der Waals surface area contributed by atoms with Crippen LogP contribution in [0.2, 0.25) is 5.02 Å². The molecule has 0 aliphatic heterocycles. The van der Waals surface area contributed by atoms with Gasteiger partial charge < -0.3 is 0 Å². The molecule has 1 aromatic carbocycles. The monoisotopic (exact) mass is 260 g/mol. The number of benzene rings is 1. The smallest absolute Gasteiger partial charge is 0.178 e. The molecule has 0 fully saturated rings. The topological polar surface area (TPSA) is 34.1 Å². The second-order valence-corrected chi connectivity index (χ2v) is 6.45. The lowest BCUT2D eigenvalue weighted by atomic mass is 10.1. The summed E-state index contributed by atoms with van der Waals surface area (Å²) in [5.74, 6) is 0.109. The summed E-state index contributed by atoms with van der Waals surface area (Å²) in [5.41, 5.74) is 1.03. The number of hydrogen-bond acceptors (Lipinski definition) is 2. The Morgan fingerprint density at radius 1 is 1.25 bits per heavy atom. The molecule has 0 aliphatic rings. The third-order valence-corrected chi connectivity index (χ3v) is 4.65. The third-order valence-electron chi connectivity index (χ3n) is 2.56. The lowest BCUT2D eigenvalue weighted by molar-refractivity contribution is 0.597. The van der Waals surface area contributed by atoms with Gasteiger partial charge in [-0.05, 0) is 30.5 Å². The van der Waals surface area contributed by atoms with E-state index in [0.717, 1.165) is 24.8 Å². The molecule has 0 saturated heterocycles. The molecule has 0 radical (unpaired) electrons. The highest BCUT2D eigenvalue weighted by atomic mass is 35.5. The van der Waals surface area contributed by atoms with Gasteiger partial charge in [0, 0.05) is 5.02 Å². The maximum atomic E-state index is 11.6. The van der Waals surface area contributed by atoms with Gasteiger partial charge in [-0.15, -0.1) is 0 Å². The minimum atomic E-state index is -3.14. The van der Waals surface area contributed by atoms with E-state index >= 15 is 0 Å². The molecule has 0 N–H and O–H groups in total. The second kappa shape index (κ2) is 5.69. The lowest BCUT2D eigenvalue weighted by Crippen LogP contribution is -2.04. The van der Waals surface area contributed by atoms with Crippen LogP contribution in [0.5, 0.6) is 0 Å². The zero-order chi connectivity index (χ0) is 12.2. The number of hydrogen-bond donors (Lipinski definition) is 0. The molecule has 0 aliphatic carbocycles. The van der Waals surface area contributed by atoms with E-state index in [0.29, 0.717) is 9.92 Å². The van der Waals surface area contributed by atoms with Crippen LogP contribution < -0.4 is 0 Å². The number of rotatable bonds is 5. The fourth-order valence-corrected chi connectivity index (χ4v) is 2.70.